The Morgan fingerprint density at radius 1 is 0.762 bits per heavy atom. The summed E-state index contributed by atoms with van der Waals surface area (Å²) in [6.07, 6.45) is 2.57. The van der Waals surface area contributed by atoms with Gasteiger partial charge in [0.25, 0.3) is 0 Å². The van der Waals surface area contributed by atoms with Crippen molar-refractivity contribution in [1.29, 1.82) is 0 Å². The first kappa shape index (κ1) is 21.5. The van der Waals surface area contributed by atoms with E-state index in [-0.39, 0.29) is 13.2 Å². The van der Waals surface area contributed by atoms with Gasteiger partial charge in [0, 0.05) is 0 Å². The van der Waals surface area contributed by atoms with E-state index in [2.05, 4.69) is 9.05 Å². The lowest BCUT2D eigenvalue weighted by Crippen LogP contribution is -2.03. The number of rotatable bonds is 12. The number of hydrogen-bond donors (Lipinski definition) is 3. The summed E-state index contributed by atoms with van der Waals surface area (Å²) in [5.41, 5.74) is 0. The minimum Gasteiger partial charge on any atom is -0.343 e. The summed E-state index contributed by atoms with van der Waals surface area (Å²) in [5.74, 6) is -2.10. The Labute approximate surface area is 125 Å². The van der Waals surface area contributed by atoms with E-state index in [1.807, 2.05) is 13.8 Å². The van der Waals surface area contributed by atoms with Gasteiger partial charge in [-0.15, -0.1) is 0 Å². The van der Waals surface area contributed by atoms with E-state index in [1.54, 1.807) is 0 Å². The van der Waals surface area contributed by atoms with Gasteiger partial charge in [0.1, 0.15) is 11.8 Å². The van der Waals surface area contributed by atoms with Crippen LogP contribution in [-0.4, -0.2) is 39.7 Å². The average molecular weight is 366 g/mol. The molecule has 0 saturated carbocycles. The molecule has 8 nitrogen and oxygen atoms in total. The lowest BCUT2D eigenvalue weighted by atomic mass is 10.4. The molecule has 0 aliphatic heterocycles. The van der Waals surface area contributed by atoms with E-state index >= 15 is 0 Å². The van der Waals surface area contributed by atoms with Crippen LogP contribution in [0.2, 0.25) is 0 Å². The van der Waals surface area contributed by atoms with Crippen LogP contribution < -0.4 is 0 Å². The fourth-order valence-corrected chi connectivity index (χ4v) is 8.50. The van der Waals surface area contributed by atoms with Crippen molar-refractivity contribution in [1.82, 2.24) is 0 Å². The van der Waals surface area contributed by atoms with Crippen molar-refractivity contribution in [3.8, 4) is 0 Å². The van der Waals surface area contributed by atoms with E-state index in [4.69, 9.17) is 0 Å². The second-order valence-electron chi connectivity index (χ2n) is 4.78. The predicted octanol–water partition coefficient (Wildman–Crippen LogP) is 3.18. The molecule has 0 aliphatic rings. The molecule has 0 aromatic heterocycles. The molecular weight excluding hydrogens is 341 g/mol. The van der Waals surface area contributed by atoms with Gasteiger partial charge in [-0.25, -0.2) is 0 Å². The second kappa shape index (κ2) is 9.59. The molecule has 0 aliphatic carbocycles. The molecule has 128 valence electrons. The number of hydrogen-bond acceptors (Lipinski definition) is 5. The maximum atomic E-state index is 11.8. The molecule has 21 heavy (non-hydrogen) atoms. The molecule has 3 N–H and O–H groups in total. The highest BCUT2D eigenvalue weighted by atomic mass is 31.3. The first-order valence-corrected chi connectivity index (χ1v) is 12.3. The highest BCUT2D eigenvalue weighted by Crippen LogP contribution is 2.64. The first-order chi connectivity index (χ1) is 9.54. The fraction of sp³-hybridized carbons (Fsp3) is 1.00. The normalized spacial score (nSPS) is 20.4. The van der Waals surface area contributed by atoms with Gasteiger partial charge in [-0.1, -0.05) is 26.7 Å². The molecule has 0 heterocycles. The third-order valence-electron chi connectivity index (χ3n) is 2.38. The highest BCUT2D eigenvalue weighted by molar-refractivity contribution is 7.79. The quantitative estimate of drug-likeness (QED) is 0.355. The Balaban J connectivity index is 4.50. The van der Waals surface area contributed by atoms with Gasteiger partial charge in [-0.2, -0.15) is 0 Å². The van der Waals surface area contributed by atoms with Crippen LogP contribution in [0.15, 0.2) is 0 Å². The van der Waals surface area contributed by atoms with Crippen molar-refractivity contribution in [2.45, 2.75) is 39.5 Å². The molecule has 0 rings (SSSR count). The lowest BCUT2D eigenvalue weighted by Gasteiger charge is -2.19. The van der Waals surface area contributed by atoms with Gasteiger partial charge in [-0.05, 0) is 12.8 Å². The van der Waals surface area contributed by atoms with Gasteiger partial charge in [0.15, 0.2) is 0 Å². The second-order valence-corrected chi connectivity index (χ2v) is 11.8. The maximum Gasteiger partial charge on any atom is 0.337 e. The van der Waals surface area contributed by atoms with E-state index in [1.165, 1.54) is 0 Å². The van der Waals surface area contributed by atoms with Crippen molar-refractivity contribution < 1.29 is 37.4 Å². The Hall–Kier alpha value is 0.490. The standard InChI is InChI=1S/C10H25O8P3/c1-3-5-7-17-20(13,14)9-19(11,12)10-21(15,16)18-8-6-4-2/h3-10H2,1-2H3,(H,11,12)(H,13,14)(H,15,16). The molecule has 0 fully saturated rings. The molecule has 0 saturated heterocycles. The molecule has 2 atom stereocenters. The molecular formula is C10H25O8P3. The van der Waals surface area contributed by atoms with Crippen molar-refractivity contribution in [3.05, 3.63) is 0 Å². The van der Waals surface area contributed by atoms with Crippen LogP contribution in [0.4, 0.5) is 0 Å². The summed E-state index contributed by atoms with van der Waals surface area (Å²) in [7, 11) is -12.8. The van der Waals surface area contributed by atoms with Gasteiger partial charge in [0.05, 0.1) is 13.2 Å². The molecule has 0 aromatic rings. The van der Waals surface area contributed by atoms with Crippen LogP contribution in [0.25, 0.3) is 0 Å². The number of unbranched alkanes of at least 4 members (excludes halogenated alkanes) is 2. The molecule has 0 aromatic carbocycles. The molecule has 11 heteroatoms. The van der Waals surface area contributed by atoms with Crippen LogP contribution in [0.5, 0.6) is 0 Å². The van der Waals surface area contributed by atoms with Crippen molar-refractivity contribution in [2.75, 3.05) is 25.0 Å². The smallest absolute Gasteiger partial charge is 0.337 e. The molecule has 0 radical (unpaired) electrons. The maximum absolute atomic E-state index is 11.8. The Morgan fingerprint density at radius 2 is 1.10 bits per heavy atom. The zero-order valence-corrected chi connectivity index (χ0v) is 15.1. The van der Waals surface area contributed by atoms with Crippen LogP contribution in [0, 0.1) is 0 Å². The highest BCUT2D eigenvalue weighted by Gasteiger charge is 2.38. The summed E-state index contributed by atoms with van der Waals surface area (Å²) in [6, 6.07) is 0. The van der Waals surface area contributed by atoms with Gasteiger partial charge >= 0.3 is 15.2 Å². The minimum atomic E-state index is -4.31. The Bertz CT molecular complexity index is 402. The van der Waals surface area contributed by atoms with Crippen molar-refractivity contribution >= 4 is 22.6 Å². The third kappa shape index (κ3) is 11.7. The van der Waals surface area contributed by atoms with E-state index < -0.39 is 34.4 Å². The SMILES string of the molecule is CCCCOP(=O)(O)CP(=O)(O)CP(=O)(O)OCCCC. The van der Waals surface area contributed by atoms with Gasteiger partial charge in [-0.3, -0.25) is 13.7 Å². The van der Waals surface area contributed by atoms with Crippen LogP contribution >= 0.6 is 22.6 Å². The van der Waals surface area contributed by atoms with E-state index in [9.17, 15) is 28.4 Å². The predicted molar refractivity (Wildman–Crippen MR) is 80.9 cm³/mol. The van der Waals surface area contributed by atoms with Crippen LogP contribution in [0.1, 0.15) is 39.5 Å². The summed E-state index contributed by atoms with van der Waals surface area (Å²) in [5, 5.41) is 0. The topological polar surface area (TPSA) is 130 Å². The molecule has 2 unspecified atom stereocenters. The summed E-state index contributed by atoms with van der Waals surface area (Å²) < 4.78 is 44.5. The molecule has 0 spiro atoms. The average Bonchev–Trinajstić information content (AvgIpc) is 2.25. The van der Waals surface area contributed by atoms with Gasteiger partial charge in [0.2, 0.25) is 7.37 Å². The summed E-state index contributed by atoms with van der Waals surface area (Å²) in [4.78, 5) is 28.6. The first-order valence-electron chi connectivity index (χ1n) is 6.77. The van der Waals surface area contributed by atoms with E-state index in [0.717, 1.165) is 12.8 Å². The zero-order valence-electron chi connectivity index (χ0n) is 12.4. The molecule has 0 amide bonds. The van der Waals surface area contributed by atoms with Crippen molar-refractivity contribution in [3.63, 3.8) is 0 Å². The fourth-order valence-electron chi connectivity index (χ4n) is 1.39. The van der Waals surface area contributed by atoms with E-state index in [0.29, 0.717) is 12.8 Å². The van der Waals surface area contributed by atoms with Crippen LogP contribution in [-0.2, 0) is 22.7 Å². The summed E-state index contributed by atoms with van der Waals surface area (Å²) in [6.45, 7) is 3.71. The largest absolute Gasteiger partial charge is 0.343 e. The monoisotopic (exact) mass is 366 g/mol. The molecule has 0 bridgehead atoms. The minimum absolute atomic E-state index is 0.00589. The Morgan fingerprint density at radius 3 is 1.38 bits per heavy atom. The van der Waals surface area contributed by atoms with Crippen LogP contribution in [0.3, 0.4) is 0 Å². The Kier molecular flexibility index (Phi) is 9.81. The van der Waals surface area contributed by atoms with Gasteiger partial charge < -0.3 is 23.7 Å². The lowest BCUT2D eigenvalue weighted by molar-refractivity contribution is 0.257. The summed E-state index contributed by atoms with van der Waals surface area (Å²) >= 11 is 0. The zero-order chi connectivity index (χ0) is 16.6. The third-order valence-corrected chi connectivity index (χ3v) is 9.95. The van der Waals surface area contributed by atoms with Crippen molar-refractivity contribution in [2.24, 2.45) is 0 Å².